The van der Waals surface area contributed by atoms with Gasteiger partial charge in [-0.1, -0.05) is 12.1 Å². The molecular formula is C20H28ClFN4O2. The molecule has 8 heteroatoms. The number of carbonyl (C=O) groups is 1. The normalized spacial score (nSPS) is 14.5. The van der Waals surface area contributed by atoms with Crippen LogP contribution in [0.1, 0.15) is 44.1 Å². The highest BCUT2D eigenvalue weighted by Crippen LogP contribution is 2.20. The predicted octanol–water partition coefficient (Wildman–Crippen LogP) is 3.53. The van der Waals surface area contributed by atoms with Crippen LogP contribution in [0, 0.1) is 12.7 Å². The smallest absolute Gasteiger partial charge is 0.227 e. The van der Waals surface area contributed by atoms with Crippen molar-refractivity contribution in [3.8, 4) is 11.4 Å². The molecule has 0 saturated carbocycles. The number of benzene rings is 1. The van der Waals surface area contributed by atoms with Crippen LogP contribution in [0.25, 0.3) is 11.4 Å². The summed E-state index contributed by atoms with van der Waals surface area (Å²) in [6, 6.07) is 5.03. The van der Waals surface area contributed by atoms with Gasteiger partial charge in [0.05, 0.1) is 0 Å². The zero-order valence-corrected chi connectivity index (χ0v) is 17.2. The lowest BCUT2D eigenvalue weighted by Gasteiger charge is -2.34. The van der Waals surface area contributed by atoms with Crippen molar-refractivity contribution in [2.24, 2.45) is 0 Å². The highest BCUT2D eigenvalue weighted by atomic mass is 35.5. The number of rotatable bonds is 7. The Labute approximate surface area is 171 Å². The molecule has 1 amide bonds. The SMILES string of the molecule is CCCN(C(=O)CCc1nc(-c2ccc(F)c(C)c2)no1)C1CCNCC1.Cl. The van der Waals surface area contributed by atoms with Crippen molar-refractivity contribution in [2.45, 2.75) is 52.0 Å². The first-order valence-corrected chi connectivity index (χ1v) is 9.67. The standard InChI is InChI=1S/C20H27FN4O2.ClH/c1-3-12-25(16-8-10-22-11-9-16)19(26)7-6-18-23-20(24-27-18)15-4-5-17(21)14(2)13-15;/h4-5,13,16,22H,3,6-12H2,1-2H3;1H. The minimum Gasteiger partial charge on any atom is -0.340 e. The third-order valence-corrected chi connectivity index (χ3v) is 4.97. The van der Waals surface area contributed by atoms with Crippen LogP contribution in [-0.4, -0.2) is 46.6 Å². The van der Waals surface area contributed by atoms with Crippen molar-refractivity contribution in [2.75, 3.05) is 19.6 Å². The maximum Gasteiger partial charge on any atom is 0.227 e. The number of carbonyl (C=O) groups excluding carboxylic acids is 1. The number of aryl methyl sites for hydroxylation is 2. The van der Waals surface area contributed by atoms with Crippen molar-refractivity contribution < 1.29 is 13.7 Å². The van der Waals surface area contributed by atoms with E-state index in [4.69, 9.17) is 4.52 Å². The van der Waals surface area contributed by atoms with Gasteiger partial charge in [-0.25, -0.2) is 4.39 Å². The Morgan fingerprint density at radius 3 is 2.79 bits per heavy atom. The van der Waals surface area contributed by atoms with Crippen LogP contribution in [0.2, 0.25) is 0 Å². The number of nitrogens with zero attached hydrogens (tertiary/aromatic N) is 3. The molecule has 1 N–H and O–H groups in total. The van der Waals surface area contributed by atoms with Gasteiger partial charge in [0.1, 0.15) is 5.82 Å². The summed E-state index contributed by atoms with van der Waals surface area (Å²) in [7, 11) is 0. The molecule has 0 radical (unpaired) electrons. The summed E-state index contributed by atoms with van der Waals surface area (Å²) in [4.78, 5) is 19.1. The number of piperidine rings is 1. The van der Waals surface area contributed by atoms with Gasteiger partial charge >= 0.3 is 0 Å². The summed E-state index contributed by atoms with van der Waals surface area (Å²) in [5.74, 6) is 0.731. The topological polar surface area (TPSA) is 71.3 Å². The molecule has 0 aliphatic carbocycles. The molecule has 1 aliphatic rings. The molecule has 1 aromatic carbocycles. The van der Waals surface area contributed by atoms with Crippen LogP contribution < -0.4 is 5.32 Å². The summed E-state index contributed by atoms with van der Waals surface area (Å²) in [6.45, 7) is 6.50. The van der Waals surface area contributed by atoms with Crippen molar-refractivity contribution >= 4 is 18.3 Å². The van der Waals surface area contributed by atoms with E-state index >= 15 is 0 Å². The number of amides is 1. The molecule has 1 aliphatic heterocycles. The first-order valence-electron chi connectivity index (χ1n) is 9.67. The van der Waals surface area contributed by atoms with Crippen LogP contribution in [0.15, 0.2) is 22.7 Å². The number of hydrogen-bond donors (Lipinski definition) is 1. The molecule has 0 spiro atoms. The van der Waals surface area contributed by atoms with E-state index in [1.807, 2.05) is 4.90 Å². The number of nitrogens with one attached hydrogen (secondary N) is 1. The molecule has 28 heavy (non-hydrogen) atoms. The molecular weight excluding hydrogens is 383 g/mol. The lowest BCUT2D eigenvalue weighted by molar-refractivity contribution is -0.134. The third kappa shape index (κ3) is 5.52. The highest BCUT2D eigenvalue weighted by molar-refractivity contribution is 5.85. The zero-order valence-electron chi connectivity index (χ0n) is 16.4. The Hall–Kier alpha value is -1.99. The van der Waals surface area contributed by atoms with Gasteiger partial charge in [-0.2, -0.15) is 4.98 Å². The zero-order chi connectivity index (χ0) is 19.2. The largest absolute Gasteiger partial charge is 0.340 e. The Balaban J connectivity index is 0.00000280. The number of halogens is 2. The number of aromatic nitrogens is 2. The lowest BCUT2D eigenvalue weighted by atomic mass is 10.0. The summed E-state index contributed by atoms with van der Waals surface area (Å²) < 4.78 is 18.7. The minimum atomic E-state index is -0.262. The fourth-order valence-corrected chi connectivity index (χ4v) is 3.49. The quantitative estimate of drug-likeness (QED) is 0.756. The maximum absolute atomic E-state index is 13.4. The van der Waals surface area contributed by atoms with Crippen molar-refractivity contribution in [1.29, 1.82) is 0 Å². The third-order valence-electron chi connectivity index (χ3n) is 4.97. The molecule has 0 bridgehead atoms. The Morgan fingerprint density at radius 1 is 1.36 bits per heavy atom. The first-order chi connectivity index (χ1) is 13.1. The predicted molar refractivity (Wildman–Crippen MR) is 108 cm³/mol. The fraction of sp³-hybridized carbons (Fsp3) is 0.550. The van der Waals surface area contributed by atoms with E-state index in [-0.39, 0.29) is 24.1 Å². The van der Waals surface area contributed by atoms with Gasteiger partial charge in [-0.15, -0.1) is 12.4 Å². The summed E-state index contributed by atoms with van der Waals surface area (Å²) in [5.41, 5.74) is 1.24. The van der Waals surface area contributed by atoms with Gasteiger partial charge in [0, 0.05) is 31.0 Å². The molecule has 1 saturated heterocycles. The Kier molecular flexibility index (Phi) is 8.38. The molecule has 154 valence electrons. The van der Waals surface area contributed by atoms with Crippen molar-refractivity contribution in [3.05, 3.63) is 35.5 Å². The highest BCUT2D eigenvalue weighted by Gasteiger charge is 2.24. The Morgan fingerprint density at radius 2 is 2.11 bits per heavy atom. The van der Waals surface area contributed by atoms with Crippen LogP contribution >= 0.6 is 12.4 Å². The maximum atomic E-state index is 13.4. The van der Waals surface area contributed by atoms with E-state index in [0.717, 1.165) is 38.9 Å². The molecule has 0 atom stereocenters. The monoisotopic (exact) mass is 410 g/mol. The lowest BCUT2D eigenvalue weighted by Crippen LogP contribution is -2.46. The summed E-state index contributed by atoms with van der Waals surface area (Å²) in [5, 5.41) is 7.30. The van der Waals surface area contributed by atoms with Gasteiger partial charge in [0.2, 0.25) is 17.6 Å². The molecule has 1 fully saturated rings. The van der Waals surface area contributed by atoms with Crippen molar-refractivity contribution in [1.82, 2.24) is 20.4 Å². The molecule has 3 rings (SSSR count). The summed E-state index contributed by atoms with van der Waals surface area (Å²) >= 11 is 0. The summed E-state index contributed by atoms with van der Waals surface area (Å²) in [6.07, 6.45) is 3.72. The van der Waals surface area contributed by atoms with Crippen LogP contribution in [0.3, 0.4) is 0 Å². The second-order valence-electron chi connectivity index (χ2n) is 7.04. The second-order valence-corrected chi connectivity index (χ2v) is 7.04. The van der Waals surface area contributed by atoms with Gasteiger partial charge in [-0.05, 0) is 63.0 Å². The average molecular weight is 411 g/mol. The molecule has 2 heterocycles. The van der Waals surface area contributed by atoms with Gasteiger partial charge in [-0.3, -0.25) is 4.79 Å². The van der Waals surface area contributed by atoms with Crippen LogP contribution in [0.4, 0.5) is 4.39 Å². The van der Waals surface area contributed by atoms with E-state index < -0.39 is 0 Å². The molecule has 6 nitrogen and oxygen atoms in total. The van der Waals surface area contributed by atoms with E-state index in [1.54, 1.807) is 19.1 Å². The second kappa shape index (κ2) is 10.5. The van der Waals surface area contributed by atoms with E-state index in [2.05, 4.69) is 22.4 Å². The fourth-order valence-electron chi connectivity index (χ4n) is 3.49. The van der Waals surface area contributed by atoms with Gasteiger partial charge in [0.15, 0.2) is 0 Å². The average Bonchev–Trinajstić information content (AvgIpc) is 3.16. The minimum absolute atomic E-state index is 0. The number of hydrogen-bond acceptors (Lipinski definition) is 5. The molecule has 2 aromatic rings. The molecule has 1 aromatic heterocycles. The first kappa shape index (κ1) is 22.3. The Bertz CT molecular complexity index is 777. The van der Waals surface area contributed by atoms with Gasteiger partial charge < -0.3 is 14.7 Å². The van der Waals surface area contributed by atoms with Crippen molar-refractivity contribution in [3.63, 3.8) is 0 Å². The van der Waals surface area contributed by atoms with Crippen LogP contribution in [-0.2, 0) is 11.2 Å². The van der Waals surface area contributed by atoms with Gasteiger partial charge in [0.25, 0.3) is 0 Å². The van der Waals surface area contributed by atoms with E-state index in [0.29, 0.717) is 41.7 Å². The van der Waals surface area contributed by atoms with E-state index in [1.165, 1.54) is 6.07 Å². The molecule has 0 unspecified atom stereocenters. The van der Waals surface area contributed by atoms with E-state index in [9.17, 15) is 9.18 Å². The van der Waals surface area contributed by atoms with Crippen LogP contribution in [0.5, 0.6) is 0 Å².